The van der Waals surface area contributed by atoms with Crippen molar-refractivity contribution >= 4 is 0 Å². The van der Waals surface area contributed by atoms with Gasteiger partial charge in [-0.1, -0.05) is 24.3 Å². The molecule has 2 aromatic carbocycles. The lowest BCUT2D eigenvalue weighted by Crippen LogP contribution is -2.21. The Kier molecular flexibility index (Phi) is 4.88. The Morgan fingerprint density at radius 2 is 1.86 bits per heavy atom. The number of methoxy groups -OCH3 is 1. The highest BCUT2D eigenvalue weighted by Crippen LogP contribution is 2.33. The maximum Gasteiger partial charge on any atom is 0.165 e. The van der Waals surface area contributed by atoms with Gasteiger partial charge in [0.2, 0.25) is 0 Å². The van der Waals surface area contributed by atoms with E-state index in [1.807, 2.05) is 0 Å². The molecule has 2 rings (SSSR count). The highest BCUT2D eigenvalue weighted by atomic mass is 19.1. The van der Waals surface area contributed by atoms with Crippen molar-refractivity contribution in [3.05, 3.63) is 65.2 Å². The number of rotatable bonds is 5. The second-order valence-electron chi connectivity index (χ2n) is 4.70. The molecule has 2 aromatic rings. The largest absolute Gasteiger partial charge is 0.494 e. The maximum absolute atomic E-state index is 13.9. The predicted molar refractivity (Wildman–Crippen MR) is 76.1 cm³/mol. The molecule has 0 fully saturated rings. The molecule has 112 valence electrons. The van der Waals surface area contributed by atoms with E-state index in [9.17, 15) is 13.9 Å². The average Bonchev–Trinajstić information content (AvgIpc) is 2.50. The molecule has 0 heterocycles. The van der Waals surface area contributed by atoms with Crippen LogP contribution in [0.25, 0.3) is 0 Å². The third-order valence-electron chi connectivity index (χ3n) is 3.46. The normalized spacial score (nSPS) is 13.8. The number of benzene rings is 2. The topological polar surface area (TPSA) is 55.5 Å². The number of aliphatic hydroxyl groups is 1. The van der Waals surface area contributed by atoms with Gasteiger partial charge in [0.05, 0.1) is 13.2 Å². The van der Waals surface area contributed by atoms with E-state index in [2.05, 4.69) is 0 Å². The summed E-state index contributed by atoms with van der Waals surface area (Å²) >= 11 is 0. The molecule has 0 bridgehead atoms. The van der Waals surface area contributed by atoms with Crippen LogP contribution < -0.4 is 10.5 Å². The molecule has 21 heavy (non-hydrogen) atoms. The van der Waals surface area contributed by atoms with Crippen LogP contribution in [0, 0.1) is 11.6 Å². The van der Waals surface area contributed by atoms with Gasteiger partial charge in [0.1, 0.15) is 5.82 Å². The van der Waals surface area contributed by atoms with Crippen molar-refractivity contribution in [2.45, 2.75) is 12.0 Å². The molecule has 2 atom stereocenters. The maximum atomic E-state index is 13.9. The molecule has 0 amide bonds. The standard InChI is InChI=1S/C16H17F2NO2/c1-21-15-8-10(6-7-14(15)18)16(20)12(9-19)11-4-2-3-5-13(11)17/h2-8,12,16,20H,9,19H2,1H3. The third-order valence-corrected chi connectivity index (χ3v) is 3.46. The predicted octanol–water partition coefficient (Wildman–Crippen LogP) is 2.75. The zero-order valence-electron chi connectivity index (χ0n) is 11.6. The average molecular weight is 293 g/mol. The van der Waals surface area contributed by atoms with Crippen LogP contribution >= 0.6 is 0 Å². The molecule has 5 heteroatoms. The quantitative estimate of drug-likeness (QED) is 0.891. The summed E-state index contributed by atoms with van der Waals surface area (Å²) in [6, 6.07) is 10.2. The van der Waals surface area contributed by atoms with Crippen molar-refractivity contribution in [3.8, 4) is 5.75 Å². The molecule has 0 saturated carbocycles. The van der Waals surface area contributed by atoms with Crippen LogP contribution in [-0.2, 0) is 0 Å². The first-order chi connectivity index (χ1) is 10.1. The van der Waals surface area contributed by atoms with E-state index in [4.69, 9.17) is 10.5 Å². The summed E-state index contributed by atoms with van der Waals surface area (Å²) in [5, 5.41) is 10.4. The van der Waals surface area contributed by atoms with Gasteiger partial charge in [0.15, 0.2) is 11.6 Å². The number of halogens is 2. The number of hydrogen-bond acceptors (Lipinski definition) is 3. The first kappa shape index (κ1) is 15.4. The lowest BCUT2D eigenvalue weighted by atomic mass is 9.89. The molecule has 0 saturated heterocycles. The van der Waals surface area contributed by atoms with E-state index in [0.29, 0.717) is 11.1 Å². The van der Waals surface area contributed by atoms with Crippen LogP contribution in [0.5, 0.6) is 5.75 Å². The molecule has 3 N–H and O–H groups in total. The van der Waals surface area contributed by atoms with Crippen molar-refractivity contribution in [2.24, 2.45) is 5.73 Å². The summed E-state index contributed by atoms with van der Waals surface area (Å²) in [5.41, 5.74) is 6.43. The highest BCUT2D eigenvalue weighted by molar-refractivity contribution is 5.34. The number of ether oxygens (including phenoxy) is 1. The van der Waals surface area contributed by atoms with Gasteiger partial charge in [-0.05, 0) is 29.3 Å². The molecule has 0 aromatic heterocycles. The zero-order chi connectivity index (χ0) is 15.4. The smallest absolute Gasteiger partial charge is 0.165 e. The molecular formula is C16H17F2NO2. The lowest BCUT2D eigenvalue weighted by Gasteiger charge is -2.23. The fourth-order valence-corrected chi connectivity index (χ4v) is 2.29. The summed E-state index contributed by atoms with van der Waals surface area (Å²) < 4.78 is 32.2. The van der Waals surface area contributed by atoms with Gasteiger partial charge in [0, 0.05) is 12.5 Å². The Hall–Kier alpha value is -1.98. The number of hydrogen-bond donors (Lipinski definition) is 2. The minimum atomic E-state index is -1.05. The lowest BCUT2D eigenvalue weighted by molar-refractivity contribution is 0.145. The Labute approximate surface area is 122 Å². The van der Waals surface area contributed by atoms with Gasteiger partial charge in [-0.2, -0.15) is 0 Å². The van der Waals surface area contributed by atoms with Gasteiger partial charge in [-0.25, -0.2) is 8.78 Å². The van der Waals surface area contributed by atoms with Crippen LogP contribution in [0.3, 0.4) is 0 Å². The fraction of sp³-hybridized carbons (Fsp3) is 0.250. The summed E-state index contributed by atoms with van der Waals surface area (Å²) in [7, 11) is 1.34. The van der Waals surface area contributed by atoms with Crippen molar-refractivity contribution in [1.29, 1.82) is 0 Å². The SMILES string of the molecule is COc1cc(C(O)C(CN)c2ccccc2F)ccc1F. The highest BCUT2D eigenvalue weighted by Gasteiger charge is 2.24. The minimum absolute atomic E-state index is 0.0239. The van der Waals surface area contributed by atoms with E-state index >= 15 is 0 Å². The summed E-state index contributed by atoms with van der Waals surface area (Å²) in [6.07, 6.45) is -1.05. The molecule has 0 radical (unpaired) electrons. The molecule has 0 aliphatic rings. The fourth-order valence-electron chi connectivity index (χ4n) is 2.29. The van der Waals surface area contributed by atoms with Crippen molar-refractivity contribution in [3.63, 3.8) is 0 Å². The second kappa shape index (κ2) is 6.65. The van der Waals surface area contributed by atoms with E-state index in [-0.39, 0.29) is 12.3 Å². The van der Waals surface area contributed by atoms with E-state index in [0.717, 1.165) is 0 Å². The van der Waals surface area contributed by atoms with Gasteiger partial charge in [0.25, 0.3) is 0 Å². The Bertz CT molecular complexity index is 619. The second-order valence-corrected chi connectivity index (χ2v) is 4.70. The van der Waals surface area contributed by atoms with E-state index < -0.39 is 23.7 Å². The molecular weight excluding hydrogens is 276 g/mol. The van der Waals surface area contributed by atoms with Crippen LogP contribution in [0.4, 0.5) is 8.78 Å². The van der Waals surface area contributed by atoms with Gasteiger partial charge in [-0.15, -0.1) is 0 Å². The summed E-state index contributed by atoms with van der Waals surface area (Å²) in [6.45, 7) is 0.0573. The van der Waals surface area contributed by atoms with Gasteiger partial charge >= 0.3 is 0 Å². The Morgan fingerprint density at radius 3 is 2.48 bits per heavy atom. The summed E-state index contributed by atoms with van der Waals surface area (Å²) in [4.78, 5) is 0. The molecule has 0 spiro atoms. The Morgan fingerprint density at radius 1 is 1.14 bits per heavy atom. The molecule has 3 nitrogen and oxygen atoms in total. The van der Waals surface area contributed by atoms with Crippen LogP contribution in [0.15, 0.2) is 42.5 Å². The monoisotopic (exact) mass is 293 g/mol. The van der Waals surface area contributed by atoms with Crippen LogP contribution in [-0.4, -0.2) is 18.8 Å². The zero-order valence-corrected chi connectivity index (χ0v) is 11.6. The van der Waals surface area contributed by atoms with Gasteiger partial charge in [-0.3, -0.25) is 0 Å². The number of aliphatic hydroxyl groups excluding tert-OH is 1. The van der Waals surface area contributed by atoms with E-state index in [1.54, 1.807) is 18.2 Å². The van der Waals surface area contributed by atoms with Crippen molar-refractivity contribution in [2.75, 3.05) is 13.7 Å². The molecule has 2 unspecified atom stereocenters. The van der Waals surface area contributed by atoms with Crippen molar-refractivity contribution in [1.82, 2.24) is 0 Å². The first-order valence-electron chi connectivity index (χ1n) is 6.54. The van der Waals surface area contributed by atoms with Gasteiger partial charge < -0.3 is 15.6 Å². The van der Waals surface area contributed by atoms with Crippen LogP contribution in [0.2, 0.25) is 0 Å². The van der Waals surface area contributed by atoms with Crippen molar-refractivity contribution < 1.29 is 18.6 Å². The number of nitrogens with two attached hydrogens (primary N) is 1. The molecule has 0 aliphatic carbocycles. The Balaban J connectivity index is 2.37. The summed E-state index contributed by atoms with van der Waals surface area (Å²) in [5.74, 6) is -1.55. The third kappa shape index (κ3) is 3.20. The molecule has 0 aliphatic heterocycles. The van der Waals surface area contributed by atoms with E-state index in [1.165, 1.54) is 31.4 Å². The minimum Gasteiger partial charge on any atom is -0.494 e. The van der Waals surface area contributed by atoms with Crippen LogP contribution in [0.1, 0.15) is 23.1 Å². The first-order valence-corrected chi connectivity index (χ1v) is 6.54.